The summed E-state index contributed by atoms with van der Waals surface area (Å²) in [5, 5.41) is 3.94. The first-order valence-electron chi connectivity index (χ1n) is 10.8. The summed E-state index contributed by atoms with van der Waals surface area (Å²) in [4.78, 5) is 33.8. The molecule has 0 aliphatic carbocycles. The molecule has 0 aliphatic heterocycles. The molecule has 6 nitrogen and oxygen atoms in total. The van der Waals surface area contributed by atoms with Gasteiger partial charge in [0.1, 0.15) is 16.9 Å². The predicted octanol–water partition coefficient (Wildman–Crippen LogP) is 4.46. The molecule has 0 atom stereocenters. The van der Waals surface area contributed by atoms with Gasteiger partial charge in [-0.3, -0.25) is 14.2 Å². The van der Waals surface area contributed by atoms with Crippen molar-refractivity contribution in [2.75, 3.05) is 12.3 Å². The number of amides is 1. The average Bonchev–Trinajstić information content (AvgIpc) is 3.23. The summed E-state index contributed by atoms with van der Waals surface area (Å²) in [6.07, 6.45) is 0.719. The number of para-hydroxylation sites is 2. The Bertz CT molecular complexity index is 1550. The van der Waals surface area contributed by atoms with E-state index in [-0.39, 0.29) is 22.5 Å². The molecule has 170 valence electrons. The van der Waals surface area contributed by atoms with Crippen LogP contribution in [0.1, 0.15) is 5.56 Å². The van der Waals surface area contributed by atoms with Crippen LogP contribution >= 0.6 is 11.8 Å². The first kappa shape index (κ1) is 21.9. The van der Waals surface area contributed by atoms with Gasteiger partial charge in [-0.15, -0.1) is 0 Å². The van der Waals surface area contributed by atoms with Crippen LogP contribution in [0.15, 0.2) is 88.8 Å². The fraction of sp³-hybridized carbons (Fsp3) is 0.115. The summed E-state index contributed by atoms with van der Waals surface area (Å²) in [6, 6.07) is 23.4. The molecule has 3 aromatic carbocycles. The number of carbonyl (C=O) groups excluding carboxylic acids is 1. The molecule has 1 amide bonds. The number of nitrogens with zero attached hydrogens (tertiary/aromatic N) is 2. The van der Waals surface area contributed by atoms with E-state index in [1.807, 2.05) is 54.6 Å². The predicted molar refractivity (Wildman–Crippen MR) is 133 cm³/mol. The Labute approximate surface area is 198 Å². The van der Waals surface area contributed by atoms with Crippen molar-refractivity contribution in [3.8, 4) is 5.69 Å². The van der Waals surface area contributed by atoms with Crippen LogP contribution in [0.2, 0.25) is 0 Å². The molecule has 0 fully saturated rings. The molecular weight excluding hydrogens is 451 g/mol. The number of hydrogen-bond donors (Lipinski definition) is 2. The Kier molecular flexibility index (Phi) is 6.14. The molecule has 2 N–H and O–H groups in total. The van der Waals surface area contributed by atoms with E-state index in [0.717, 1.165) is 34.6 Å². The summed E-state index contributed by atoms with van der Waals surface area (Å²) < 4.78 is 15.9. The van der Waals surface area contributed by atoms with Crippen LogP contribution in [-0.4, -0.2) is 32.7 Å². The quantitative estimate of drug-likeness (QED) is 0.271. The molecule has 0 bridgehead atoms. The molecule has 5 rings (SSSR count). The Balaban J connectivity index is 1.46. The zero-order chi connectivity index (χ0) is 23.5. The van der Waals surface area contributed by atoms with E-state index in [4.69, 9.17) is 0 Å². The second-order valence-corrected chi connectivity index (χ2v) is 8.70. The molecule has 5 aromatic rings. The van der Waals surface area contributed by atoms with E-state index in [1.54, 1.807) is 12.1 Å². The van der Waals surface area contributed by atoms with E-state index in [2.05, 4.69) is 15.3 Å². The summed E-state index contributed by atoms with van der Waals surface area (Å²) in [5.74, 6) is -0.686. The van der Waals surface area contributed by atoms with Crippen molar-refractivity contribution in [1.82, 2.24) is 19.9 Å². The minimum absolute atomic E-state index is 0.0452. The van der Waals surface area contributed by atoms with Crippen LogP contribution in [0.4, 0.5) is 4.39 Å². The standard InChI is InChI=1S/C26H21FN4O2S/c27-19-11-5-7-13-21(19)31-25(33)24-23(18-10-4-6-12-20(18)29-24)30-26(31)34-16-22(32)28-15-14-17-8-2-1-3-9-17/h1-13,29H,14-16H2,(H,28,32). The highest BCUT2D eigenvalue weighted by atomic mass is 32.2. The maximum Gasteiger partial charge on any atom is 0.283 e. The van der Waals surface area contributed by atoms with Gasteiger partial charge in [-0.1, -0.05) is 72.4 Å². The highest BCUT2D eigenvalue weighted by molar-refractivity contribution is 7.99. The topological polar surface area (TPSA) is 79.8 Å². The maximum atomic E-state index is 14.7. The van der Waals surface area contributed by atoms with Gasteiger partial charge < -0.3 is 10.3 Å². The van der Waals surface area contributed by atoms with Crippen molar-refractivity contribution in [2.45, 2.75) is 11.6 Å². The van der Waals surface area contributed by atoms with E-state index in [0.29, 0.717) is 17.6 Å². The second kappa shape index (κ2) is 9.52. The van der Waals surface area contributed by atoms with Gasteiger partial charge in [-0.05, 0) is 30.2 Å². The number of nitrogens with one attached hydrogen (secondary N) is 2. The van der Waals surface area contributed by atoms with Crippen molar-refractivity contribution in [3.63, 3.8) is 0 Å². The fourth-order valence-electron chi connectivity index (χ4n) is 3.86. The lowest BCUT2D eigenvalue weighted by Crippen LogP contribution is -2.28. The third-order valence-electron chi connectivity index (χ3n) is 5.50. The third kappa shape index (κ3) is 4.32. The van der Waals surface area contributed by atoms with Crippen LogP contribution in [0, 0.1) is 5.82 Å². The zero-order valence-electron chi connectivity index (χ0n) is 18.1. The second-order valence-electron chi connectivity index (χ2n) is 7.75. The van der Waals surface area contributed by atoms with E-state index < -0.39 is 11.4 Å². The van der Waals surface area contributed by atoms with Gasteiger partial charge in [-0.2, -0.15) is 0 Å². The number of benzene rings is 3. The van der Waals surface area contributed by atoms with Gasteiger partial charge in [-0.25, -0.2) is 9.37 Å². The molecule has 0 saturated carbocycles. The lowest BCUT2D eigenvalue weighted by atomic mass is 10.1. The van der Waals surface area contributed by atoms with Crippen LogP contribution in [0.3, 0.4) is 0 Å². The number of hydrogen-bond acceptors (Lipinski definition) is 4. The van der Waals surface area contributed by atoms with Gasteiger partial charge in [0.05, 0.1) is 11.4 Å². The van der Waals surface area contributed by atoms with Crippen molar-refractivity contribution in [2.24, 2.45) is 0 Å². The fourth-order valence-corrected chi connectivity index (χ4v) is 4.69. The van der Waals surface area contributed by atoms with Crippen molar-refractivity contribution in [1.29, 1.82) is 0 Å². The summed E-state index contributed by atoms with van der Waals surface area (Å²) in [6.45, 7) is 0.498. The Hall–Kier alpha value is -3.91. The van der Waals surface area contributed by atoms with Gasteiger partial charge in [0.2, 0.25) is 5.91 Å². The molecule has 2 heterocycles. The number of halogens is 1. The number of carbonyl (C=O) groups is 1. The lowest BCUT2D eigenvalue weighted by molar-refractivity contribution is -0.118. The van der Waals surface area contributed by atoms with Crippen LogP contribution < -0.4 is 10.9 Å². The van der Waals surface area contributed by atoms with E-state index in [1.165, 1.54) is 16.7 Å². The first-order valence-corrected chi connectivity index (χ1v) is 11.8. The minimum atomic E-state index is -0.545. The molecule has 0 radical (unpaired) electrons. The summed E-state index contributed by atoms with van der Waals surface area (Å²) in [5.41, 5.74) is 2.37. The molecule has 0 saturated heterocycles. The maximum absolute atomic E-state index is 14.7. The number of aromatic amines is 1. The van der Waals surface area contributed by atoms with Crippen LogP contribution in [0.25, 0.3) is 27.6 Å². The van der Waals surface area contributed by atoms with Crippen molar-refractivity contribution >= 4 is 39.6 Å². The van der Waals surface area contributed by atoms with Crippen LogP contribution in [0.5, 0.6) is 0 Å². The molecule has 2 aromatic heterocycles. The lowest BCUT2D eigenvalue weighted by Gasteiger charge is -2.13. The number of H-pyrrole nitrogens is 1. The number of aromatic nitrogens is 3. The first-order chi connectivity index (χ1) is 16.6. The third-order valence-corrected chi connectivity index (χ3v) is 6.44. The summed E-state index contributed by atoms with van der Waals surface area (Å²) in [7, 11) is 0. The smallest absolute Gasteiger partial charge is 0.283 e. The van der Waals surface area contributed by atoms with Gasteiger partial charge in [0.25, 0.3) is 5.56 Å². The minimum Gasteiger partial charge on any atom is -0.355 e. The molecule has 0 unspecified atom stereocenters. The normalized spacial score (nSPS) is 11.2. The summed E-state index contributed by atoms with van der Waals surface area (Å²) >= 11 is 1.11. The Morgan fingerprint density at radius 1 is 1.00 bits per heavy atom. The van der Waals surface area contributed by atoms with Crippen molar-refractivity contribution in [3.05, 3.63) is 101 Å². The SMILES string of the molecule is O=C(CSc1nc2c([nH]c3ccccc32)c(=O)n1-c1ccccc1F)NCCc1ccccc1. The largest absolute Gasteiger partial charge is 0.355 e. The van der Waals surface area contributed by atoms with Crippen LogP contribution in [-0.2, 0) is 11.2 Å². The Morgan fingerprint density at radius 3 is 2.56 bits per heavy atom. The average molecular weight is 473 g/mol. The van der Waals surface area contributed by atoms with Crippen molar-refractivity contribution < 1.29 is 9.18 Å². The van der Waals surface area contributed by atoms with E-state index >= 15 is 0 Å². The van der Waals surface area contributed by atoms with Gasteiger partial charge in [0.15, 0.2) is 5.16 Å². The molecule has 0 spiro atoms. The molecular formula is C26H21FN4O2S. The molecule has 34 heavy (non-hydrogen) atoms. The van der Waals surface area contributed by atoms with Gasteiger partial charge >= 0.3 is 0 Å². The molecule has 0 aliphatic rings. The number of rotatable bonds is 7. The Morgan fingerprint density at radius 2 is 1.74 bits per heavy atom. The zero-order valence-corrected chi connectivity index (χ0v) is 18.9. The number of thioether (sulfide) groups is 1. The highest BCUT2D eigenvalue weighted by Gasteiger charge is 2.19. The molecule has 8 heteroatoms. The monoisotopic (exact) mass is 472 g/mol. The highest BCUT2D eigenvalue weighted by Crippen LogP contribution is 2.27. The number of fused-ring (bicyclic) bond motifs is 3. The van der Waals surface area contributed by atoms with E-state index in [9.17, 15) is 14.0 Å². The van der Waals surface area contributed by atoms with Gasteiger partial charge in [0, 0.05) is 17.4 Å².